The number of rotatable bonds is 0. The van der Waals surface area contributed by atoms with E-state index in [1.54, 1.807) is 12.4 Å². The molecule has 1 aromatic heterocycles. The van der Waals surface area contributed by atoms with E-state index >= 15 is 0 Å². The summed E-state index contributed by atoms with van der Waals surface area (Å²) in [7, 11) is 0. The van der Waals surface area contributed by atoms with Gasteiger partial charge >= 0.3 is 0 Å². The molecule has 0 aromatic carbocycles. The van der Waals surface area contributed by atoms with Gasteiger partial charge in [0.1, 0.15) is 5.82 Å². The summed E-state index contributed by atoms with van der Waals surface area (Å²) in [4.78, 5) is 7.84. The molecule has 0 unspecified atom stereocenters. The van der Waals surface area contributed by atoms with Gasteiger partial charge in [-0.25, -0.2) is 9.97 Å². The van der Waals surface area contributed by atoms with E-state index in [0.717, 1.165) is 10.3 Å². The SMILES string of the molecule is Cc1ncc(Br)cn1.Cl. The third-order valence-corrected chi connectivity index (χ3v) is 1.16. The Bertz CT molecular complexity index is 154. The van der Waals surface area contributed by atoms with Crippen LogP contribution in [0.1, 0.15) is 5.82 Å². The van der Waals surface area contributed by atoms with Crippen molar-refractivity contribution in [3.8, 4) is 0 Å². The smallest absolute Gasteiger partial charge is 0.125 e. The van der Waals surface area contributed by atoms with E-state index in [9.17, 15) is 0 Å². The monoisotopic (exact) mass is 208 g/mol. The Hall–Kier alpha value is -0.150. The molecular weight excluding hydrogens is 203 g/mol. The molecule has 1 heterocycles. The van der Waals surface area contributed by atoms with E-state index in [-0.39, 0.29) is 12.4 Å². The standard InChI is InChI=1S/C5H5BrN2.ClH/c1-4-7-2-5(6)3-8-4;/h2-3H,1H3;1H. The molecule has 0 fully saturated rings. The molecule has 9 heavy (non-hydrogen) atoms. The second kappa shape index (κ2) is 3.80. The minimum atomic E-state index is 0. The van der Waals surface area contributed by atoms with Gasteiger partial charge in [-0.2, -0.15) is 0 Å². The maximum atomic E-state index is 3.92. The van der Waals surface area contributed by atoms with E-state index in [4.69, 9.17) is 0 Å². The summed E-state index contributed by atoms with van der Waals surface area (Å²) in [6.07, 6.45) is 3.45. The third kappa shape index (κ3) is 2.77. The van der Waals surface area contributed by atoms with Crippen molar-refractivity contribution >= 4 is 28.3 Å². The molecule has 2 nitrogen and oxygen atoms in total. The first-order chi connectivity index (χ1) is 3.79. The van der Waals surface area contributed by atoms with Gasteiger partial charge in [0.15, 0.2) is 0 Å². The van der Waals surface area contributed by atoms with Crippen LogP contribution in [0.15, 0.2) is 16.9 Å². The van der Waals surface area contributed by atoms with Gasteiger partial charge in [0.05, 0.1) is 4.47 Å². The Morgan fingerprint density at radius 1 is 1.33 bits per heavy atom. The van der Waals surface area contributed by atoms with Crippen LogP contribution in [-0.2, 0) is 0 Å². The van der Waals surface area contributed by atoms with Crippen molar-refractivity contribution < 1.29 is 0 Å². The van der Waals surface area contributed by atoms with Gasteiger partial charge in [-0.3, -0.25) is 0 Å². The summed E-state index contributed by atoms with van der Waals surface area (Å²) in [6, 6.07) is 0. The van der Waals surface area contributed by atoms with Crippen LogP contribution in [0.4, 0.5) is 0 Å². The minimum Gasteiger partial charge on any atom is -0.241 e. The Kier molecular flexibility index (Phi) is 3.73. The second-order valence-corrected chi connectivity index (χ2v) is 2.36. The van der Waals surface area contributed by atoms with Crippen LogP contribution in [-0.4, -0.2) is 9.97 Å². The van der Waals surface area contributed by atoms with Gasteiger partial charge in [-0.05, 0) is 22.9 Å². The minimum absolute atomic E-state index is 0. The van der Waals surface area contributed by atoms with Crippen LogP contribution in [0.2, 0.25) is 0 Å². The fourth-order valence-electron chi connectivity index (χ4n) is 0.377. The lowest BCUT2D eigenvalue weighted by Gasteiger charge is -1.87. The Balaban J connectivity index is 0.000000640. The summed E-state index contributed by atoms with van der Waals surface area (Å²) < 4.78 is 0.920. The first kappa shape index (κ1) is 8.85. The van der Waals surface area contributed by atoms with Crippen LogP contribution in [0, 0.1) is 6.92 Å². The van der Waals surface area contributed by atoms with Gasteiger partial charge in [-0.15, -0.1) is 12.4 Å². The maximum Gasteiger partial charge on any atom is 0.125 e. The molecule has 0 aliphatic heterocycles. The Morgan fingerprint density at radius 2 is 1.78 bits per heavy atom. The van der Waals surface area contributed by atoms with E-state index in [1.807, 2.05) is 6.92 Å². The quantitative estimate of drug-likeness (QED) is 0.653. The Morgan fingerprint density at radius 3 is 2.11 bits per heavy atom. The number of hydrogen-bond acceptors (Lipinski definition) is 2. The van der Waals surface area contributed by atoms with Crippen molar-refractivity contribution in [2.45, 2.75) is 6.92 Å². The van der Waals surface area contributed by atoms with Crippen LogP contribution in [0.5, 0.6) is 0 Å². The fraction of sp³-hybridized carbons (Fsp3) is 0.200. The highest BCUT2D eigenvalue weighted by Gasteiger charge is 1.84. The van der Waals surface area contributed by atoms with Crippen LogP contribution >= 0.6 is 28.3 Å². The lowest BCUT2D eigenvalue weighted by atomic mass is 10.6. The van der Waals surface area contributed by atoms with Crippen molar-refractivity contribution in [1.29, 1.82) is 0 Å². The molecule has 0 N–H and O–H groups in total. The molecule has 0 aliphatic carbocycles. The molecule has 0 saturated carbocycles. The number of halogens is 2. The maximum absolute atomic E-state index is 3.92. The van der Waals surface area contributed by atoms with Crippen molar-refractivity contribution in [3.63, 3.8) is 0 Å². The number of aryl methyl sites for hydroxylation is 1. The zero-order valence-electron chi connectivity index (χ0n) is 4.84. The molecule has 50 valence electrons. The van der Waals surface area contributed by atoms with E-state index in [2.05, 4.69) is 25.9 Å². The van der Waals surface area contributed by atoms with Crippen LogP contribution in [0.25, 0.3) is 0 Å². The zero-order valence-corrected chi connectivity index (χ0v) is 7.24. The summed E-state index contributed by atoms with van der Waals surface area (Å²) in [5.41, 5.74) is 0. The molecule has 0 bridgehead atoms. The normalized spacial score (nSPS) is 8.22. The second-order valence-electron chi connectivity index (χ2n) is 1.45. The first-order valence-electron chi connectivity index (χ1n) is 2.23. The van der Waals surface area contributed by atoms with E-state index in [0.29, 0.717) is 0 Å². The average Bonchev–Trinajstić information content (AvgIpc) is 1.77. The molecule has 0 aliphatic rings. The third-order valence-electron chi connectivity index (χ3n) is 0.749. The van der Waals surface area contributed by atoms with E-state index in [1.165, 1.54) is 0 Å². The number of nitrogens with zero attached hydrogens (tertiary/aromatic N) is 2. The number of hydrogen-bond donors (Lipinski definition) is 0. The van der Waals surface area contributed by atoms with Gasteiger partial charge in [0.25, 0.3) is 0 Å². The summed E-state index contributed by atoms with van der Waals surface area (Å²) >= 11 is 3.22. The fourth-order valence-corrected chi connectivity index (χ4v) is 0.582. The molecule has 0 amide bonds. The molecule has 0 radical (unpaired) electrons. The van der Waals surface area contributed by atoms with Crippen molar-refractivity contribution in [1.82, 2.24) is 9.97 Å². The molecule has 1 rings (SSSR count). The predicted molar refractivity (Wildman–Crippen MR) is 41.7 cm³/mol. The molecule has 1 aromatic rings. The largest absolute Gasteiger partial charge is 0.241 e. The van der Waals surface area contributed by atoms with Gasteiger partial charge in [0, 0.05) is 12.4 Å². The predicted octanol–water partition coefficient (Wildman–Crippen LogP) is 1.97. The van der Waals surface area contributed by atoms with Gasteiger partial charge < -0.3 is 0 Å². The average molecular weight is 209 g/mol. The lowest BCUT2D eigenvalue weighted by molar-refractivity contribution is 1.04. The molecule has 0 spiro atoms. The first-order valence-corrected chi connectivity index (χ1v) is 3.02. The summed E-state index contributed by atoms with van der Waals surface area (Å²) in [6.45, 7) is 1.85. The topological polar surface area (TPSA) is 25.8 Å². The van der Waals surface area contributed by atoms with Crippen molar-refractivity contribution in [3.05, 3.63) is 22.7 Å². The Labute approximate surface area is 68.3 Å². The van der Waals surface area contributed by atoms with Gasteiger partial charge in [0.2, 0.25) is 0 Å². The molecule has 0 atom stereocenters. The highest BCUT2D eigenvalue weighted by atomic mass is 79.9. The zero-order chi connectivity index (χ0) is 5.98. The number of aromatic nitrogens is 2. The highest BCUT2D eigenvalue weighted by Crippen LogP contribution is 2.02. The van der Waals surface area contributed by atoms with Gasteiger partial charge in [-0.1, -0.05) is 0 Å². The lowest BCUT2D eigenvalue weighted by Crippen LogP contribution is -1.82. The summed E-state index contributed by atoms with van der Waals surface area (Å²) in [5.74, 6) is 0.799. The summed E-state index contributed by atoms with van der Waals surface area (Å²) in [5, 5.41) is 0. The van der Waals surface area contributed by atoms with Crippen LogP contribution in [0.3, 0.4) is 0 Å². The van der Waals surface area contributed by atoms with E-state index < -0.39 is 0 Å². The van der Waals surface area contributed by atoms with Crippen LogP contribution < -0.4 is 0 Å². The highest BCUT2D eigenvalue weighted by molar-refractivity contribution is 9.10. The molecule has 4 heteroatoms. The van der Waals surface area contributed by atoms with Crippen molar-refractivity contribution in [2.75, 3.05) is 0 Å². The molecule has 0 saturated heterocycles. The van der Waals surface area contributed by atoms with Crippen molar-refractivity contribution in [2.24, 2.45) is 0 Å². The molecular formula is C5H6BrClN2.